The SMILES string of the molecule is CC/C=C\C/C=C\C/C=C\C/C=C\C/C=C\CCCCCCCCCCCCCCCCCCCC(=O)OC(COC(=O)CCCCCCCCCCCCCCC/C=C\CCCCCCCCCC)COP(=O)(O)OCC[N+](C)(C)C. The van der Waals surface area contributed by atoms with Gasteiger partial charge in [0.25, 0.3) is 0 Å². The van der Waals surface area contributed by atoms with Gasteiger partial charge in [-0.05, 0) is 83.5 Å². The number of hydrogen-bond donors (Lipinski definition) is 1. The topological polar surface area (TPSA) is 108 Å². The Morgan fingerprint density at radius 1 is 0.390 bits per heavy atom. The molecule has 0 aromatic carbocycles. The largest absolute Gasteiger partial charge is 0.472 e. The molecule has 0 aliphatic rings. The molecule has 2 atom stereocenters. The van der Waals surface area contributed by atoms with E-state index in [0.29, 0.717) is 23.9 Å². The van der Waals surface area contributed by atoms with Crippen molar-refractivity contribution in [2.45, 2.75) is 328 Å². The number of unbranched alkanes of at least 4 members (excludes halogenated alkanes) is 38. The van der Waals surface area contributed by atoms with Crippen LogP contribution < -0.4 is 0 Å². The van der Waals surface area contributed by atoms with Gasteiger partial charge in [-0.15, -0.1) is 0 Å². The molecule has 0 aliphatic carbocycles. The third-order valence-corrected chi connectivity index (χ3v) is 16.2. The van der Waals surface area contributed by atoms with Crippen LogP contribution in [0.1, 0.15) is 322 Å². The second-order valence-corrected chi connectivity index (χ2v) is 26.0. The molecule has 0 saturated carbocycles. The maximum atomic E-state index is 12.9. The standard InChI is InChI=1S/C72H132NO8P/c1-6-8-10-12-14-16-18-20-22-24-26-28-30-32-33-34-35-36-37-38-39-41-43-45-47-49-51-53-55-57-59-61-63-65-72(75)81-70(69-80-82(76,77)79-67-66-73(3,4)5)68-78-71(74)64-62-60-58-56-54-52-50-48-46-44-42-40-31-29-27-25-23-21-19-17-15-13-11-9-7-2/h8,10,14,16,20,22,25-28,32-33,70H,6-7,9,11-13,15,17-19,21,23-24,29-31,34-69H2,1-5H3/p+1/b10-8-,16-14-,22-20-,27-25-,28-26-,33-32-. The van der Waals surface area contributed by atoms with Crippen LogP contribution in [-0.2, 0) is 32.7 Å². The maximum absolute atomic E-state index is 12.9. The van der Waals surface area contributed by atoms with Gasteiger partial charge in [0, 0.05) is 12.8 Å². The Kier molecular flexibility index (Phi) is 61.0. The normalized spacial score (nSPS) is 13.6. The Balaban J connectivity index is 4.02. The van der Waals surface area contributed by atoms with Crippen LogP contribution in [0, 0.1) is 0 Å². The number of ether oxygens (including phenoxy) is 2. The zero-order valence-corrected chi connectivity index (χ0v) is 55.4. The summed E-state index contributed by atoms with van der Waals surface area (Å²) in [5.74, 6) is -0.784. The number of esters is 2. The molecular weight excluding hydrogens is 1040 g/mol. The van der Waals surface area contributed by atoms with Crippen molar-refractivity contribution in [3.05, 3.63) is 72.9 Å². The first-order chi connectivity index (χ1) is 40.0. The molecular formula is C72H133NO8P+. The number of carbonyl (C=O) groups excluding carboxylic acids is 2. The first kappa shape index (κ1) is 79.5. The maximum Gasteiger partial charge on any atom is 0.472 e. The fourth-order valence-corrected chi connectivity index (χ4v) is 10.7. The second kappa shape index (κ2) is 63.0. The van der Waals surface area contributed by atoms with E-state index in [1.54, 1.807) is 0 Å². The number of carbonyl (C=O) groups is 2. The molecule has 0 fully saturated rings. The van der Waals surface area contributed by atoms with Crippen molar-refractivity contribution in [2.75, 3.05) is 47.5 Å². The zero-order valence-electron chi connectivity index (χ0n) is 54.5. The molecule has 2 unspecified atom stereocenters. The Hall–Kier alpha value is -2.55. The van der Waals surface area contributed by atoms with E-state index in [9.17, 15) is 19.0 Å². The number of nitrogens with zero attached hydrogens (tertiary/aromatic N) is 1. The number of rotatable bonds is 64. The molecule has 0 spiro atoms. The molecule has 82 heavy (non-hydrogen) atoms. The average Bonchev–Trinajstić information content (AvgIpc) is 3.46. The van der Waals surface area contributed by atoms with Crippen molar-refractivity contribution in [1.29, 1.82) is 0 Å². The molecule has 0 radical (unpaired) electrons. The van der Waals surface area contributed by atoms with Gasteiger partial charge in [0.2, 0.25) is 0 Å². The highest BCUT2D eigenvalue weighted by molar-refractivity contribution is 7.47. The van der Waals surface area contributed by atoms with Crippen LogP contribution in [0.15, 0.2) is 72.9 Å². The number of likely N-dealkylation sites (N-methyl/N-ethyl adjacent to an activating group) is 1. The molecule has 0 saturated heterocycles. The summed E-state index contributed by atoms with van der Waals surface area (Å²) >= 11 is 0. The first-order valence-corrected chi connectivity index (χ1v) is 36.2. The van der Waals surface area contributed by atoms with Gasteiger partial charge in [0.05, 0.1) is 27.7 Å². The van der Waals surface area contributed by atoms with Gasteiger partial charge >= 0.3 is 19.8 Å². The highest BCUT2D eigenvalue weighted by atomic mass is 31.2. The summed E-state index contributed by atoms with van der Waals surface area (Å²) in [6.45, 7) is 4.37. The van der Waals surface area contributed by atoms with Gasteiger partial charge < -0.3 is 18.9 Å². The molecule has 10 heteroatoms. The van der Waals surface area contributed by atoms with E-state index in [-0.39, 0.29) is 25.6 Å². The third-order valence-electron chi connectivity index (χ3n) is 15.2. The summed E-state index contributed by atoms with van der Waals surface area (Å²) < 4.78 is 34.7. The van der Waals surface area contributed by atoms with Gasteiger partial charge in [-0.2, -0.15) is 0 Å². The summed E-state index contributed by atoms with van der Waals surface area (Å²) in [5.41, 5.74) is 0. The van der Waals surface area contributed by atoms with Crippen LogP contribution in [0.3, 0.4) is 0 Å². The van der Waals surface area contributed by atoms with Crippen molar-refractivity contribution in [2.24, 2.45) is 0 Å². The van der Waals surface area contributed by atoms with Crippen LogP contribution in [-0.4, -0.2) is 74.9 Å². The highest BCUT2D eigenvalue weighted by Crippen LogP contribution is 2.43. The molecule has 0 aliphatic heterocycles. The minimum Gasteiger partial charge on any atom is -0.462 e. The van der Waals surface area contributed by atoms with Crippen molar-refractivity contribution in [1.82, 2.24) is 0 Å². The summed E-state index contributed by atoms with van der Waals surface area (Å²) in [7, 11) is 1.49. The Bertz CT molecular complexity index is 1610. The van der Waals surface area contributed by atoms with E-state index >= 15 is 0 Å². The van der Waals surface area contributed by atoms with Crippen molar-refractivity contribution >= 4 is 19.8 Å². The number of phosphoric acid groups is 1. The monoisotopic (exact) mass is 1170 g/mol. The molecule has 0 aromatic heterocycles. The molecule has 0 amide bonds. The second-order valence-electron chi connectivity index (χ2n) is 24.5. The lowest BCUT2D eigenvalue weighted by atomic mass is 10.0. The minimum atomic E-state index is -4.39. The molecule has 0 heterocycles. The van der Waals surface area contributed by atoms with Crippen LogP contribution in [0.2, 0.25) is 0 Å². The Morgan fingerprint density at radius 2 is 0.695 bits per heavy atom. The predicted octanol–water partition coefficient (Wildman–Crippen LogP) is 22.4. The molecule has 9 nitrogen and oxygen atoms in total. The quantitative estimate of drug-likeness (QED) is 0.0211. The number of phosphoric ester groups is 1. The van der Waals surface area contributed by atoms with E-state index in [4.69, 9.17) is 18.5 Å². The number of allylic oxidation sites excluding steroid dienone is 12. The minimum absolute atomic E-state index is 0.0318. The zero-order chi connectivity index (χ0) is 59.8. The summed E-state index contributed by atoms with van der Waals surface area (Å²) in [4.78, 5) is 35.9. The van der Waals surface area contributed by atoms with Crippen LogP contribution in [0.25, 0.3) is 0 Å². The first-order valence-electron chi connectivity index (χ1n) is 34.7. The van der Waals surface area contributed by atoms with E-state index in [2.05, 4.69) is 86.8 Å². The van der Waals surface area contributed by atoms with E-state index in [1.165, 1.54) is 225 Å². The summed E-state index contributed by atoms with van der Waals surface area (Å²) in [6, 6.07) is 0. The Labute approximate surface area is 508 Å². The van der Waals surface area contributed by atoms with Crippen LogP contribution in [0.4, 0.5) is 0 Å². The lowest BCUT2D eigenvalue weighted by Gasteiger charge is -2.24. The smallest absolute Gasteiger partial charge is 0.462 e. The van der Waals surface area contributed by atoms with Crippen LogP contribution in [0.5, 0.6) is 0 Å². The van der Waals surface area contributed by atoms with E-state index < -0.39 is 26.5 Å². The van der Waals surface area contributed by atoms with Gasteiger partial charge in [-0.3, -0.25) is 18.6 Å². The fourth-order valence-electron chi connectivity index (χ4n) is 9.92. The molecule has 1 N–H and O–H groups in total. The van der Waals surface area contributed by atoms with Crippen molar-refractivity contribution in [3.8, 4) is 0 Å². The van der Waals surface area contributed by atoms with Gasteiger partial charge in [-0.25, -0.2) is 4.57 Å². The highest BCUT2D eigenvalue weighted by Gasteiger charge is 2.27. The van der Waals surface area contributed by atoms with Gasteiger partial charge in [0.15, 0.2) is 6.10 Å². The lowest BCUT2D eigenvalue weighted by Crippen LogP contribution is -2.37. The van der Waals surface area contributed by atoms with Gasteiger partial charge in [0.1, 0.15) is 19.8 Å². The van der Waals surface area contributed by atoms with Gasteiger partial charge in [-0.1, -0.05) is 299 Å². The molecule has 0 bridgehead atoms. The number of hydrogen-bond acceptors (Lipinski definition) is 7. The summed E-state index contributed by atoms with van der Waals surface area (Å²) in [6.07, 6.45) is 84.3. The molecule has 0 aromatic rings. The average molecular weight is 1170 g/mol. The lowest BCUT2D eigenvalue weighted by molar-refractivity contribution is -0.870. The van der Waals surface area contributed by atoms with Crippen LogP contribution >= 0.6 is 7.82 Å². The Morgan fingerprint density at radius 3 is 1.05 bits per heavy atom. The van der Waals surface area contributed by atoms with Crippen molar-refractivity contribution < 1.29 is 42.1 Å². The van der Waals surface area contributed by atoms with E-state index in [1.807, 2.05) is 21.1 Å². The number of quaternary nitrogens is 1. The predicted molar refractivity (Wildman–Crippen MR) is 353 cm³/mol. The van der Waals surface area contributed by atoms with Crippen molar-refractivity contribution in [3.63, 3.8) is 0 Å². The third kappa shape index (κ3) is 66.6. The fraction of sp³-hybridized carbons (Fsp3) is 0.806. The molecule has 0 rings (SSSR count). The summed E-state index contributed by atoms with van der Waals surface area (Å²) in [5, 5.41) is 0. The molecule has 478 valence electrons. The van der Waals surface area contributed by atoms with E-state index in [0.717, 1.165) is 64.2 Å².